The number of aryl methyl sites for hydroxylation is 3. The van der Waals surface area contributed by atoms with Gasteiger partial charge >= 0.3 is 148 Å². The number of nitrogens with zero attached hydrogens (tertiary/aromatic N) is 4. The second kappa shape index (κ2) is 61.4. The Morgan fingerprint density at radius 1 is 0.421 bits per heavy atom. The van der Waals surface area contributed by atoms with E-state index in [9.17, 15) is 173 Å². The van der Waals surface area contributed by atoms with Crippen molar-refractivity contribution >= 4 is 182 Å². The van der Waals surface area contributed by atoms with Gasteiger partial charge in [0.1, 0.15) is 17.9 Å². The molecule has 0 saturated heterocycles. The third kappa shape index (κ3) is 65.1. The smallest absolute Gasteiger partial charge is 0.481 e. The number of aromatic nitrogens is 4. The number of sulfonamides is 3. The van der Waals surface area contributed by atoms with E-state index in [0.717, 1.165) is 63.0 Å². The molecular formula is C64H67F12N7O44S6. The zero-order valence-corrected chi connectivity index (χ0v) is 71.2. The van der Waals surface area contributed by atoms with Crippen LogP contribution in [0.5, 0.6) is 0 Å². The van der Waals surface area contributed by atoms with Crippen LogP contribution in [0, 0.1) is 25.2 Å². The summed E-state index contributed by atoms with van der Waals surface area (Å²) in [4.78, 5) is 214. The Morgan fingerprint density at radius 3 is 0.992 bits per heavy atom. The number of Topliss-reactive ketones (excluding diaryl/α,β-unsaturated/α-hetero) is 1. The first-order valence-electron chi connectivity index (χ1n) is 32.4. The summed E-state index contributed by atoms with van der Waals surface area (Å²) < 4.78 is 231. The molecule has 1 aromatic carbocycles. The molecule has 742 valence electrons. The second-order valence-corrected chi connectivity index (χ2v) is 31.4. The molecule has 0 bridgehead atoms. The van der Waals surface area contributed by atoms with Crippen LogP contribution in [-0.2, 0) is 129 Å². The summed E-state index contributed by atoms with van der Waals surface area (Å²) >= 11 is 1.77. The van der Waals surface area contributed by atoms with Crippen molar-refractivity contribution in [2.45, 2.75) is 95.2 Å². The Labute approximate surface area is 740 Å². The van der Waals surface area contributed by atoms with Gasteiger partial charge in [-0.2, -0.15) is 77.9 Å². The fourth-order valence-corrected chi connectivity index (χ4v) is 8.63. The predicted molar refractivity (Wildman–Crippen MR) is 409 cm³/mol. The Hall–Kier alpha value is -15.2. The standard InChI is InChI=1S/C9H9F3N2O3S.C9H8F3NO3S.C8H6O4.2C6H5F3N2O3S2.C5H8O4.2C4H6O4.2C4H4O4.C3H4O4.C2H2O4/c10-9(11,12)18(16,17)14-8(15)5-4-7-3-1-2-6-13-7;10-9(11,12)17(15,16)6-8(14)5-7-3-1-2-4-13-7;9-7(10)5-3-1-2-4-6(5)8(11)12;1-3-10-4(2-15-3)5(12)11-16(13,14)6(7,8)9;1-3-2-15-5(10-3)4(12)11-16(13,14)6(7,8)9;1-5(2,3(6)7)4(8)9;1-2(3(5)6)4(7)8;3*5-3(6)1-2-4(7)8;4-2(5)1-3(6)7;3-1(4)2(5)6/h1-3,6H,4-5H2,(H,14,15);1-4H,5-6H2;1-4H,(H,9,10)(H,11,12);2*2H,1H3,(H,11,12);1-2H3,(H,6,7)(H,8,9);2H,1H3,(H,5,6)(H,7,8);1-2H2,(H,5,6)(H,7,8);2*1-2H,(H,5,6)(H,7,8);1H2,(H,4,5)(H,6,7);(H,3,4)(H,5,6)/b;;;;;;;;2-1+;2-1-;;. The van der Waals surface area contributed by atoms with Crippen LogP contribution in [-0.4, -0.2) is 282 Å². The number of pyridine rings is 2. The number of sulfone groups is 1. The average Bonchev–Trinajstić information content (AvgIpc) is 1.82. The zero-order valence-electron chi connectivity index (χ0n) is 66.3. The van der Waals surface area contributed by atoms with Crippen LogP contribution in [0.25, 0.3) is 0 Å². The van der Waals surface area contributed by atoms with Crippen molar-refractivity contribution < 1.29 is 264 Å². The topological polar surface area (TPSA) is 889 Å². The van der Waals surface area contributed by atoms with E-state index in [2.05, 4.69) is 19.9 Å². The summed E-state index contributed by atoms with van der Waals surface area (Å²) in [6.07, 6.45) is 2.88. The maximum absolute atomic E-state index is 12.0. The summed E-state index contributed by atoms with van der Waals surface area (Å²) in [6.45, 7) is 6.44. The number of benzene rings is 1. The van der Waals surface area contributed by atoms with Crippen molar-refractivity contribution in [2.24, 2.45) is 11.3 Å². The van der Waals surface area contributed by atoms with Crippen LogP contribution in [0.15, 0.2) is 108 Å². The summed E-state index contributed by atoms with van der Waals surface area (Å²) in [6, 6.07) is 14.9. The molecule has 0 fully saturated rings. The number of thiazole rings is 2. The zero-order chi connectivity index (χ0) is 106. The molecule has 51 nitrogen and oxygen atoms in total. The fraction of sp³-hybridized carbons (Fsp3) is 0.281. The van der Waals surface area contributed by atoms with E-state index >= 15 is 0 Å². The van der Waals surface area contributed by atoms with Crippen molar-refractivity contribution in [3.8, 4) is 0 Å². The fourth-order valence-electron chi connectivity index (χ4n) is 5.16. The predicted octanol–water partition coefficient (Wildman–Crippen LogP) is 3.29. The van der Waals surface area contributed by atoms with Crippen molar-refractivity contribution in [3.05, 3.63) is 152 Å². The minimum Gasteiger partial charge on any atom is -0.481 e. The van der Waals surface area contributed by atoms with Gasteiger partial charge in [0.25, 0.3) is 21.7 Å². The maximum Gasteiger partial charge on any atom is 0.516 e. The monoisotopic (exact) mass is 2060 g/mol. The Morgan fingerprint density at radius 2 is 0.759 bits per heavy atom. The number of carboxylic acid groups (broad SMARTS) is 16. The SMILES string of the molecule is CC(C(=O)O)C(=O)O.CC(C)(C(=O)O)C(=O)O.Cc1csc(C(=O)NS(=O)(=O)C(F)(F)F)n1.Cc1nc(C(=O)NS(=O)(=O)C(F)(F)F)cs1.O=C(CCc1ccccn1)NS(=O)(=O)C(F)(F)F.O=C(Cc1ccccn1)CS(=O)(=O)C(F)(F)F.O=C(O)/C=C/C(=O)O.O=C(O)/C=C\C(=O)O.O=C(O)C(=O)O.O=C(O)CC(=O)O.O=C(O)CCC(=O)O.O=C(O)c1ccccc1C(=O)O. The van der Waals surface area contributed by atoms with Crippen molar-refractivity contribution in [1.82, 2.24) is 34.1 Å². The molecule has 0 aliphatic carbocycles. The van der Waals surface area contributed by atoms with Crippen LogP contribution >= 0.6 is 22.7 Å². The van der Waals surface area contributed by atoms with Gasteiger partial charge in [0.2, 0.25) is 5.91 Å². The Kier molecular flexibility index (Phi) is 60.4. The summed E-state index contributed by atoms with van der Waals surface area (Å²) in [7, 11) is -22.4. The number of halogens is 12. The molecule has 0 spiro atoms. The van der Waals surface area contributed by atoms with Gasteiger partial charge in [-0.25, -0.2) is 70.9 Å². The van der Waals surface area contributed by atoms with E-state index in [0.29, 0.717) is 40.7 Å². The summed E-state index contributed by atoms with van der Waals surface area (Å²) in [5, 5.41) is 129. The second-order valence-electron chi connectivity index (χ2n) is 22.5. The molecule has 4 aromatic heterocycles. The molecular weight excluding hydrogens is 1990 g/mol. The van der Waals surface area contributed by atoms with Crippen LogP contribution in [0.3, 0.4) is 0 Å². The van der Waals surface area contributed by atoms with Gasteiger partial charge in [-0.15, -0.1) is 22.7 Å². The molecule has 0 aliphatic rings. The molecule has 0 unspecified atom stereocenters. The molecule has 5 rings (SSSR count). The molecule has 133 heavy (non-hydrogen) atoms. The molecule has 69 heteroatoms. The Balaban J connectivity index is -0.000000265. The minimum absolute atomic E-state index is 0.0556. The molecule has 0 radical (unpaired) electrons. The van der Waals surface area contributed by atoms with Gasteiger partial charge in [-0.3, -0.25) is 67.5 Å². The summed E-state index contributed by atoms with van der Waals surface area (Å²) in [5.41, 5.74) is -23.2. The van der Waals surface area contributed by atoms with Gasteiger partial charge in [0.15, 0.2) is 22.1 Å². The lowest BCUT2D eigenvalue weighted by molar-refractivity contribution is -0.162. The number of aromatic carboxylic acids is 2. The van der Waals surface area contributed by atoms with E-state index in [-0.39, 0.29) is 46.8 Å². The van der Waals surface area contributed by atoms with E-state index in [1.165, 1.54) is 62.0 Å². The van der Waals surface area contributed by atoms with Gasteiger partial charge in [0, 0.05) is 77.4 Å². The lowest BCUT2D eigenvalue weighted by Gasteiger charge is -2.10. The number of alkyl halides is 12. The van der Waals surface area contributed by atoms with Crippen LogP contribution in [0.1, 0.15) is 110 Å². The highest BCUT2D eigenvalue weighted by Gasteiger charge is 2.50. The lowest BCUT2D eigenvalue weighted by atomic mass is 9.95. The number of hydrogen-bond donors (Lipinski definition) is 19. The van der Waals surface area contributed by atoms with Crippen LogP contribution < -0.4 is 14.2 Å². The van der Waals surface area contributed by atoms with Gasteiger partial charge < -0.3 is 81.7 Å². The largest absolute Gasteiger partial charge is 0.516 e. The summed E-state index contributed by atoms with van der Waals surface area (Å²) in [5.74, 6) is -29.1. The quantitative estimate of drug-likeness (QED) is 0.0155. The molecule has 3 amide bonds. The van der Waals surface area contributed by atoms with Crippen molar-refractivity contribution in [2.75, 3.05) is 5.75 Å². The number of hydrogen-bond acceptors (Lipinski definition) is 34. The number of carboxylic acids is 16. The number of nitrogens with one attached hydrogen (secondary N) is 3. The highest BCUT2D eigenvalue weighted by Crippen LogP contribution is 2.26. The molecule has 5 aromatic rings. The van der Waals surface area contributed by atoms with E-state index < -0.39 is 217 Å². The normalized spacial score (nSPS) is 10.8. The number of aliphatic carboxylic acids is 14. The number of carbonyl (C=O) groups excluding carboxylic acids is 4. The number of ketones is 1. The van der Waals surface area contributed by atoms with Crippen molar-refractivity contribution in [1.29, 1.82) is 0 Å². The van der Waals surface area contributed by atoms with Gasteiger partial charge in [-0.1, -0.05) is 24.3 Å². The molecule has 0 atom stereocenters. The van der Waals surface area contributed by atoms with Gasteiger partial charge in [0.05, 0.1) is 29.0 Å². The highest BCUT2D eigenvalue weighted by atomic mass is 32.2. The van der Waals surface area contributed by atoms with E-state index in [1.54, 1.807) is 30.3 Å². The Bertz CT molecular complexity index is 5170. The average molecular weight is 2060 g/mol. The lowest BCUT2D eigenvalue weighted by Crippen LogP contribution is -2.40. The highest BCUT2D eigenvalue weighted by molar-refractivity contribution is 7.93. The first kappa shape index (κ1) is 131. The van der Waals surface area contributed by atoms with Crippen molar-refractivity contribution in [3.63, 3.8) is 0 Å². The molecule has 19 N–H and O–H groups in total. The maximum atomic E-state index is 12.0. The van der Waals surface area contributed by atoms with E-state index in [1.807, 2.05) is 0 Å². The first-order chi connectivity index (χ1) is 59.9. The number of amides is 3. The van der Waals surface area contributed by atoms with Crippen LogP contribution in [0.2, 0.25) is 0 Å². The number of rotatable bonds is 27. The number of carbonyl (C=O) groups is 20. The third-order valence-corrected chi connectivity index (χ3v) is 17.8. The minimum atomic E-state index is -5.67. The first-order valence-corrected chi connectivity index (χ1v) is 40.2. The van der Waals surface area contributed by atoms with Crippen LogP contribution in [0.4, 0.5) is 52.7 Å². The molecule has 0 aliphatic heterocycles. The molecule has 0 saturated carbocycles. The van der Waals surface area contributed by atoms with Gasteiger partial charge in [-0.05, 0) is 77.4 Å². The van der Waals surface area contributed by atoms with E-state index in [4.69, 9.17) is 91.3 Å². The molecule has 4 heterocycles. The third-order valence-electron chi connectivity index (χ3n) is 11.4.